The Hall–Kier alpha value is -2.04. The van der Waals surface area contributed by atoms with E-state index >= 15 is 0 Å². The molecule has 0 saturated carbocycles. The Morgan fingerprint density at radius 3 is 3.00 bits per heavy atom. The van der Waals surface area contributed by atoms with Gasteiger partial charge in [0.05, 0.1) is 6.26 Å². The van der Waals surface area contributed by atoms with Crippen molar-refractivity contribution in [2.75, 3.05) is 6.54 Å². The number of carboxylic acids is 1. The van der Waals surface area contributed by atoms with Gasteiger partial charge in [0.25, 0.3) is 0 Å². The molecule has 1 atom stereocenters. The molecule has 0 radical (unpaired) electrons. The van der Waals surface area contributed by atoms with Gasteiger partial charge < -0.3 is 14.4 Å². The second-order valence-electron chi connectivity index (χ2n) is 4.96. The normalized spacial score (nSPS) is 19.4. The number of aliphatic carboxylic acids is 1. The first kappa shape index (κ1) is 14.4. The van der Waals surface area contributed by atoms with Gasteiger partial charge in [0.2, 0.25) is 5.91 Å². The lowest BCUT2D eigenvalue weighted by molar-refractivity contribution is -0.138. The van der Waals surface area contributed by atoms with E-state index < -0.39 is 5.97 Å². The summed E-state index contributed by atoms with van der Waals surface area (Å²) < 4.78 is 5.14. The molecule has 5 nitrogen and oxygen atoms in total. The molecule has 1 N–H and O–H groups in total. The van der Waals surface area contributed by atoms with Crippen LogP contribution < -0.4 is 0 Å². The maximum absolute atomic E-state index is 12.2. The van der Waals surface area contributed by atoms with E-state index in [0.717, 1.165) is 19.3 Å². The summed E-state index contributed by atoms with van der Waals surface area (Å²) in [5.74, 6) is -0.247. The van der Waals surface area contributed by atoms with E-state index in [1.165, 1.54) is 6.08 Å². The van der Waals surface area contributed by atoms with Gasteiger partial charge in [-0.25, -0.2) is 0 Å². The van der Waals surface area contributed by atoms with Gasteiger partial charge in [0, 0.05) is 25.1 Å². The van der Waals surface area contributed by atoms with Crippen LogP contribution >= 0.6 is 0 Å². The van der Waals surface area contributed by atoms with E-state index in [1.54, 1.807) is 29.4 Å². The largest absolute Gasteiger partial charge is 0.481 e. The molecular weight excluding hydrogens is 258 g/mol. The number of amides is 1. The number of furan rings is 1. The first-order chi connectivity index (χ1) is 9.66. The predicted molar refractivity (Wildman–Crippen MR) is 74.0 cm³/mol. The number of likely N-dealkylation sites (tertiary alicyclic amines) is 1. The summed E-state index contributed by atoms with van der Waals surface area (Å²) in [6.45, 7) is 0.700. The molecule has 108 valence electrons. The van der Waals surface area contributed by atoms with Crippen LogP contribution in [0.2, 0.25) is 0 Å². The topological polar surface area (TPSA) is 70.8 Å². The van der Waals surface area contributed by atoms with Crippen LogP contribution in [0.3, 0.4) is 0 Å². The Bertz CT molecular complexity index is 478. The Morgan fingerprint density at radius 2 is 2.30 bits per heavy atom. The average molecular weight is 277 g/mol. The molecule has 1 aliphatic rings. The molecule has 1 aliphatic heterocycles. The molecule has 0 aliphatic carbocycles. The zero-order valence-electron chi connectivity index (χ0n) is 11.3. The van der Waals surface area contributed by atoms with Crippen LogP contribution in [0.5, 0.6) is 0 Å². The molecular formula is C15H19NO4. The number of carbonyl (C=O) groups is 2. The number of carbonyl (C=O) groups excluding carboxylic acids is 1. The second kappa shape index (κ2) is 6.93. The van der Waals surface area contributed by atoms with Gasteiger partial charge in [0.1, 0.15) is 5.76 Å². The fraction of sp³-hybridized carbons (Fsp3) is 0.467. The van der Waals surface area contributed by atoms with Crippen LogP contribution in [0, 0.1) is 0 Å². The van der Waals surface area contributed by atoms with Crippen molar-refractivity contribution < 1.29 is 19.1 Å². The summed E-state index contributed by atoms with van der Waals surface area (Å²) in [6.07, 6.45) is 8.24. The first-order valence-electron chi connectivity index (χ1n) is 6.91. The standard InChI is InChI=1S/C15H19NO4/c17-14(8-7-13-5-3-11-20-13)16-10-2-1-4-12(16)6-9-15(18)19/h3,5,7-8,11-12H,1-2,4,6,9-10H2,(H,18,19)/b8-7+/t12-/m0/s1. The average Bonchev–Trinajstić information content (AvgIpc) is 2.96. The molecule has 2 rings (SSSR count). The van der Waals surface area contributed by atoms with Crippen molar-refractivity contribution in [3.05, 3.63) is 30.2 Å². The number of rotatable bonds is 5. The second-order valence-corrected chi connectivity index (χ2v) is 4.96. The smallest absolute Gasteiger partial charge is 0.303 e. The van der Waals surface area contributed by atoms with Crippen LogP contribution in [0.25, 0.3) is 6.08 Å². The summed E-state index contributed by atoms with van der Waals surface area (Å²) in [6, 6.07) is 3.58. The van der Waals surface area contributed by atoms with Gasteiger partial charge in [-0.2, -0.15) is 0 Å². The summed E-state index contributed by atoms with van der Waals surface area (Å²) in [7, 11) is 0. The monoisotopic (exact) mass is 277 g/mol. The molecule has 0 bridgehead atoms. The lowest BCUT2D eigenvalue weighted by atomic mass is 9.98. The van der Waals surface area contributed by atoms with Crippen LogP contribution in [-0.2, 0) is 9.59 Å². The van der Waals surface area contributed by atoms with Crippen molar-refractivity contribution in [2.24, 2.45) is 0 Å². The van der Waals surface area contributed by atoms with Crippen LogP contribution in [0.4, 0.5) is 0 Å². The van der Waals surface area contributed by atoms with Crippen molar-refractivity contribution in [3.63, 3.8) is 0 Å². The quantitative estimate of drug-likeness (QED) is 0.840. The highest BCUT2D eigenvalue weighted by atomic mass is 16.4. The predicted octanol–water partition coefficient (Wildman–Crippen LogP) is 2.54. The number of hydrogen-bond acceptors (Lipinski definition) is 3. The Kier molecular flexibility index (Phi) is 4.98. The summed E-state index contributed by atoms with van der Waals surface area (Å²) in [5, 5.41) is 8.77. The minimum Gasteiger partial charge on any atom is -0.481 e. The van der Waals surface area contributed by atoms with E-state index in [9.17, 15) is 9.59 Å². The van der Waals surface area contributed by atoms with Crippen molar-refractivity contribution in [1.82, 2.24) is 4.90 Å². The highest BCUT2D eigenvalue weighted by Crippen LogP contribution is 2.21. The molecule has 0 unspecified atom stereocenters. The third kappa shape index (κ3) is 3.98. The molecule has 1 amide bonds. The third-order valence-corrected chi connectivity index (χ3v) is 3.54. The maximum Gasteiger partial charge on any atom is 0.303 e. The van der Waals surface area contributed by atoms with Crippen molar-refractivity contribution in [2.45, 2.75) is 38.1 Å². The van der Waals surface area contributed by atoms with Crippen LogP contribution in [0.15, 0.2) is 28.9 Å². The number of hydrogen-bond donors (Lipinski definition) is 1. The Balaban J connectivity index is 1.96. The Labute approximate surface area is 117 Å². The molecule has 2 heterocycles. The SMILES string of the molecule is O=C(O)CC[C@@H]1CCCCN1C(=O)/C=C/c1ccco1. The highest BCUT2D eigenvalue weighted by Gasteiger charge is 2.25. The highest BCUT2D eigenvalue weighted by molar-refractivity contribution is 5.91. The van der Waals surface area contributed by atoms with Gasteiger partial charge >= 0.3 is 5.97 Å². The van der Waals surface area contributed by atoms with Gasteiger partial charge in [-0.3, -0.25) is 9.59 Å². The van der Waals surface area contributed by atoms with Crippen LogP contribution in [0.1, 0.15) is 37.9 Å². The lowest BCUT2D eigenvalue weighted by Crippen LogP contribution is -2.43. The van der Waals surface area contributed by atoms with E-state index in [2.05, 4.69) is 0 Å². The molecule has 0 aromatic carbocycles. The van der Waals surface area contributed by atoms with Gasteiger partial charge in [0.15, 0.2) is 0 Å². The molecule has 5 heteroatoms. The lowest BCUT2D eigenvalue weighted by Gasteiger charge is -2.35. The summed E-state index contributed by atoms with van der Waals surface area (Å²) >= 11 is 0. The van der Waals surface area contributed by atoms with Crippen molar-refractivity contribution >= 4 is 18.0 Å². The van der Waals surface area contributed by atoms with E-state index in [1.807, 2.05) is 0 Å². The van der Waals surface area contributed by atoms with E-state index in [4.69, 9.17) is 9.52 Å². The van der Waals surface area contributed by atoms with Gasteiger partial charge in [-0.1, -0.05) is 0 Å². The fourth-order valence-electron chi connectivity index (χ4n) is 2.52. The summed E-state index contributed by atoms with van der Waals surface area (Å²) in [4.78, 5) is 24.7. The summed E-state index contributed by atoms with van der Waals surface area (Å²) in [5.41, 5.74) is 0. The molecule has 1 aromatic heterocycles. The van der Waals surface area contributed by atoms with Crippen molar-refractivity contribution in [1.29, 1.82) is 0 Å². The van der Waals surface area contributed by atoms with E-state index in [0.29, 0.717) is 18.7 Å². The molecule has 0 spiro atoms. The minimum absolute atomic E-state index is 0.0357. The Morgan fingerprint density at radius 1 is 1.45 bits per heavy atom. The minimum atomic E-state index is -0.811. The molecule has 1 aromatic rings. The number of nitrogens with zero attached hydrogens (tertiary/aromatic N) is 1. The molecule has 20 heavy (non-hydrogen) atoms. The maximum atomic E-state index is 12.2. The number of piperidine rings is 1. The molecule has 1 saturated heterocycles. The van der Waals surface area contributed by atoms with Crippen molar-refractivity contribution in [3.8, 4) is 0 Å². The number of carboxylic acid groups (broad SMARTS) is 1. The third-order valence-electron chi connectivity index (χ3n) is 3.54. The van der Waals surface area contributed by atoms with E-state index in [-0.39, 0.29) is 18.4 Å². The first-order valence-corrected chi connectivity index (χ1v) is 6.91. The fourth-order valence-corrected chi connectivity index (χ4v) is 2.52. The van der Waals surface area contributed by atoms with Gasteiger partial charge in [-0.15, -0.1) is 0 Å². The molecule has 1 fully saturated rings. The van der Waals surface area contributed by atoms with Crippen LogP contribution in [-0.4, -0.2) is 34.5 Å². The zero-order chi connectivity index (χ0) is 14.4. The zero-order valence-corrected chi connectivity index (χ0v) is 11.3. The van der Waals surface area contributed by atoms with Gasteiger partial charge in [-0.05, 0) is 43.9 Å².